The summed E-state index contributed by atoms with van der Waals surface area (Å²) >= 11 is 2.10. The highest BCUT2D eigenvalue weighted by atomic mass is 127. The molecule has 8 heteroatoms. The van der Waals surface area contributed by atoms with E-state index < -0.39 is 26.7 Å². The van der Waals surface area contributed by atoms with Gasteiger partial charge in [-0.2, -0.15) is 8.42 Å². The van der Waals surface area contributed by atoms with Gasteiger partial charge in [-0.15, -0.1) is 0 Å². The molecule has 6 nitrogen and oxygen atoms in total. The summed E-state index contributed by atoms with van der Waals surface area (Å²) in [6, 6.07) is 9.69. The van der Waals surface area contributed by atoms with Gasteiger partial charge in [-0.05, 0) is 65.1 Å². The normalized spacial score (nSPS) is 11.1. The maximum atomic E-state index is 11.9. The number of hydrogen-bond acceptors (Lipinski definition) is 5. The zero-order chi connectivity index (χ0) is 15.6. The number of rotatable bonds is 3. The molecule has 0 unspecified atom stereocenters. The van der Waals surface area contributed by atoms with Gasteiger partial charge in [0.05, 0.1) is 5.56 Å². The van der Waals surface area contributed by atoms with Crippen molar-refractivity contribution in [2.75, 3.05) is 0 Å². The number of carbonyl (C=O) groups is 1. The van der Waals surface area contributed by atoms with Crippen LogP contribution in [0.5, 0.6) is 11.5 Å². The van der Waals surface area contributed by atoms with Gasteiger partial charge in [0.1, 0.15) is 16.4 Å². The van der Waals surface area contributed by atoms with Crippen molar-refractivity contribution in [3.8, 4) is 11.5 Å². The van der Waals surface area contributed by atoms with E-state index in [4.69, 9.17) is 9.29 Å². The minimum absolute atomic E-state index is 0.0431. The van der Waals surface area contributed by atoms with Crippen LogP contribution in [-0.2, 0) is 10.1 Å². The fourth-order valence-electron chi connectivity index (χ4n) is 1.53. The molecule has 0 aliphatic rings. The highest BCUT2D eigenvalue weighted by Gasteiger charge is 2.18. The van der Waals surface area contributed by atoms with E-state index in [1.54, 1.807) is 24.3 Å². The van der Waals surface area contributed by atoms with Gasteiger partial charge in [-0.25, -0.2) is 4.79 Å². The number of hydrogen-bond donors (Lipinski definition) is 2. The molecule has 0 fully saturated rings. The Balaban J connectivity index is 2.24. The van der Waals surface area contributed by atoms with Crippen LogP contribution in [0.25, 0.3) is 0 Å². The Bertz CT molecular complexity index is 783. The average molecular weight is 420 g/mol. The number of aromatic hydroxyl groups is 1. The summed E-state index contributed by atoms with van der Waals surface area (Å²) in [6.45, 7) is 0. The number of phenols is 1. The Labute approximate surface area is 134 Å². The number of halogens is 1. The number of esters is 1. The van der Waals surface area contributed by atoms with Crippen molar-refractivity contribution in [1.82, 2.24) is 0 Å². The van der Waals surface area contributed by atoms with Gasteiger partial charge >= 0.3 is 5.97 Å². The molecule has 0 aliphatic heterocycles. The lowest BCUT2D eigenvalue weighted by Gasteiger charge is -2.06. The fraction of sp³-hybridized carbons (Fsp3) is 0. The Morgan fingerprint density at radius 3 is 2.24 bits per heavy atom. The first kappa shape index (κ1) is 15.7. The first-order chi connectivity index (χ1) is 9.77. The van der Waals surface area contributed by atoms with Gasteiger partial charge in [0, 0.05) is 3.57 Å². The van der Waals surface area contributed by atoms with Crippen LogP contribution in [0.1, 0.15) is 10.4 Å². The molecule has 2 aromatic rings. The molecule has 2 rings (SSSR count). The summed E-state index contributed by atoms with van der Waals surface area (Å²) in [6.07, 6.45) is 0. The van der Waals surface area contributed by atoms with E-state index >= 15 is 0 Å². The van der Waals surface area contributed by atoms with E-state index in [1.807, 2.05) is 0 Å². The molecule has 0 saturated heterocycles. The lowest BCUT2D eigenvalue weighted by molar-refractivity contribution is 0.0734. The highest BCUT2D eigenvalue weighted by molar-refractivity contribution is 14.1. The molecule has 0 aliphatic carbocycles. The molecule has 0 amide bonds. The molecule has 2 N–H and O–H groups in total. The van der Waals surface area contributed by atoms with Crippen molar-refractivity contribution in [2.45, 2.75) is 4.90 Å². The van der Waals surface area contributed by atoms with E-state index in [2.05, 4.69) is 22.6 Å². The number of ether oxygens (including phenoxy) is 1. The standard InChI is InChI=1S/C13H9IO6S/c14-9-2-4-10(5-3-9)20-13(16)8-1-6-12(11(15)7-8)21(17,18)19/h1-7,15H,(H,17,18,19). The first-order valence-electron chi connectivity index (χ1n) is 5.55. The predicted molar refractivity (Wildman–Crippen MR) is 82.0 cm³/mol. The second-order valence-corrected chi connectivity index (χ2v) is 6.64. The van der Waals surface area contributed by atoms with Crippen LogP contribution < -0.4 is 4.74 Å². The third-order valence-corrected chi connectivity index (χ3v) is 4.12. The molecule has 0 spiro atoms. The molecule has 0 saturated carbocycles. The first-order valence-corrected chi connectivity index (χ1v) is 8.07. The topological polar surface area (TPSA) is 101 Å². The summed E-state index contributed by atoms with van der Waals surface area (Å²) in [4.78, 5) is 11.2. The zero-order valence-electron chi connectivity index (χ0n) is 10.4. The van der Waals surface area contributed by atoms with Crippen LogP contribution in [0.3, 0.4) is 0 Å². The quantitative estimate of drug-likeness (QED) is 0.343. The summed E-state index contributed by atoms with van der Waals surface area (Å²) in [5, 5.41) is 9.53. The molecule has 21 heavy (non-hydrogen) atoms. The highest BCUT2D eigenvalue weighted by Crippen LogP contribution is 2.24. The Morgan fingerprint density at radius 1 is 1.10 bits per heavy atom. The minimum atomic E-state index is -4.54. The zero-order valence-corrected chi connectivity index (χ0v) is 13.3. The lowest BCUT2D eigenvalue weighted by Crippen LogP contribution is -2.09. The third-order valence-electron chi connectivity index (χ3n) is 2.50. The van der Waals surface area contributed by atoms with Crippen molar-refractivity contribution < 1.29 is 27.6 Å². The van der Waals surface area contributed by atoms with Crippen LogP contribution >= 0.6 is 22.6 Å². The van der Waals surface area contributed by atoms with Crippen LogP contribution in [0.2, 0.25) is 0 Å². The van der Waals surface area contributed by atoms with Crippen molar-refractivity contribution in [3.63, 3.8) is 0 Å². The second-order valence-electron chi connectivity index (χ2n) is 4.00. The number of carbonyl (C=O) groups excluding carboxylic acids is 1. The van der Waals surface area contributed by atoms with E-state index in [-0.39, 0.29) is 5.56 Å². The molecule has 0 aromatic heterocycles. The fourth-order valence-corrected chi connectivity index (χ4v) is 2.45. The molecule has 0 radical (unpaired) electrons. The maximum Gasteiger partial charge on any atom is 0.343 e. The van der Waals surface area contributed by atoms with Gasteiger partial charge in [-0.1, -0.05) is 0 Å². The van der Waals surface area contributed by atoms with Crippen molar-refractivity contribution in [3.05, 3.63) is 51.6 Å². The van der Waals surface area contributed by atoms with Gasteiger partial charge in [0.25, 0.3) is 10.1 Å². The molecule has 2 aromatic carbocycles. The molecule has 0 heterocycles. The van der Waals surface area contributed by atoms with Crippen LogP contribution in [-0.4, -0.2) is 24.0 Å². The third kappa shape index (κ3) is 3.93. The summed E-state index contributed by atoms with van der Waals surface area (Å²) < 4.78 is 36.8. The number of benzene rings is 2. The Hall–Kier alpha value is -1.65. The van der Waals surface area contributed by atoms with Crippen molar-refractivity contribution >= 4 is 38.7 Å². The summed E-state index contributed by atoms with van der Waals surface area (Å²) in [5.41, 5.74) is -0.0431. The SMILES string of the molecule is O=C(Oc1ccc(I)cc1)c1ccc(S(=O)(=O)O)c(O)c1. The largest absolute Gasteiger partial charge is 0.506 e. The minimum Gasteiger partial charge on any atom is -0.506 e. The lowest BCUT2D eigenvalue weighted by atomic mass is 10.2. The molecule has 110 valence electrons. The summed E-state index contributed by atoms with van der Waals surface area (Å²) in [5.74, 6) is -1.17. The van der Waals surface area contributed by atoms with Gasteiger partial charge < -0.3 is 9.84 Å². The van der Waals surface area contributed by atoms with Gasteiger partial charge in [0.15, 0.2) is 0 Å². The van der Waals surface area contributed by atoms with Crippen LogP contribution in [0.15, 0.2) is 47.4 Å². The predicted octanol–water partition coefficient (Wildman–Crippen LogP) is 2.46. The van der Waals surface area contributed by atoms with E-state index in [0.717, 1.165) is 21.8 Å². The van der Waals surface area contributed by atoms with Crippen LogP contribution in [0, 0.1) is 3.57 Å². The van der Waals surface area contributed by atoms with Gasteiger partial charge in [-0.3, -0.25) is 4.55 Å². The Kier molecular flexibility index (Phi) is 4.49. The van der Waals surface area contributed by atoms with Gasteiger partial charge in [0.2, 0.25) is 0 Å². The molecular weight excluding hydrogens is 411 g/mol. The van der Waals surface area contributed by atoms with Crippen molar-refractivity contribution in [2.24, 2.45) is 0 Å². The number of phenolic OH excluding ortho intramolecular Hbond substituents is 1. The molecule has 0 atom stereocenters. The average Bonchev–Trinajstić information content (AvgIpc) is 2.39. The Morgan fingerprint density at radius 2 is 1.71 bits per heavy atom. The van der Waals surface area contributed by atoms with E-state index in [9.17, 15) is 18.3 Å². The second kappa shape index (κ2) is 6.00. The maximum absolute atomic E-state index is 11.9. The monoisotopic (exact) mass is 420 g/mol. The molecule has 0 bridgehead atoms. The molecular formula is C13H9IO6S. The summed E-state index contributed by atoms with van der Waals surface area (Å²) in [7, 11) is -4.54. The smallest absolute Gasteiger partial charge is 0.343 e. The van der Waals surface area contributed by atoms with Crippen LogP contribution in [0.4, 0.5) is 0 Å². The van der Waals surface area contributed by atoms with Crippen molar-refractivity contribution in [1.29, 1.82) is 0 Å². The van der Waals surface area contributed by atoms with E-state index in [0.29, 0.717) is 5.75 Å². The van der Waals surface area contributed by atoms with E-state index in [1.165, 1.54) is 0 Å².